The predicted molar refractivity (Wildman–Crippen MR) is 37.0 cm³/mol. The van der Waals surface area contributed by atoms with Crippen LogP contribution < -0.4 is 4.35 Å². The molecule has 10 heavy (non-hydrogen) atoms. The fourth-order valence-corrected chi connectivity index (χ4v) is 1.57. The Morgan fingerprint density at radius 1 is 1.50 bits per heavy atom. The average Bonchev–Trinajstić information content (AvgIpc) is 1.83. The van der Waals surface area contributed by atoms with Gasteiger partial charge in [0.05, 0.1) is 0 Å². The maximum atomic E-state index is 10.7. The van der Waals surface area contributed by atoms with Crippen LogP contribution in [-0.2, 0) is 3.74 Å². The minimum atomic E-state index is -4.95. The van der Waals surface area contributed by atoms with E-state index in [4.69, 9.17) is 10.9 Å². The third kappa shape index (κ3) is 1.74. The molecule has 0 fully saturated rings. The second-order valence-electron chi connectivity index (χ2n) is 1.72. The first-order valence-corrected chi connectivity index (χ1v) is 5.93. The van der Waals surface area contributed by atoms with Crippen molar-refractivity contribution in [2.24, 2.45) is 0 Å². The van der Waals surface area contributed by atoms with E-state index in [1.165, 1.54) is 6.07 Å². The van der Waals surface area contributed by atoms with E-state index in [0.717, 1.165) is 12.1 Å². The SMILES string of the molecule is [2H]c1ccc([As](=O)(O)O)c([2H])c1. The topological polar surface area (TPSA) is 57.5 Å². The first-order valence-electron chi connectivity index (χ1n) is 3.54. The second kappa shape index (κ2) is 2.62. The maximum absolute atomic E-state index is 10.7. The zero-order chi connectivity index (χ0) is 9.35. The van der Waals surface area contributed by atoms with Crippen molar-refractivity contribution in [3.63, 3.8) is 0 Å². The molecule has 0 aromatic heterocycles. The van der Waals surface area contributed by atoms with Crippen LogP contribution in [0.25, 0.3) is 0 Å². The van der Waals surface area contributed by atoms with E-state index in [9.17, 15) is 3.74 Å². The molecule has 0 saturated heterocycles. The fourth-order valence-electron chi connectivity index (χ4n) is 0.520. The summed E-state index contributed by atoms with van der Waals surface area (Å²) in [6.45, 7) is 0. The Bertz CT molecular complexity index is 347. The van der Waals surface area contributed by atoms with Gasteiger partial charge in [-0.1, -0.05) is 0 Å². The number of hydrogen-bond acceptors (Lipinski definition) is 1. The molecule has 0 unspecified atom stereocenters. The Morgan fingerprint density at radius 2 is 2.20 bits per heavy atom. The first kappa shape index (κ1) is 5.19. The average molecular weight is 204 g/mol. The molecule has 0 radical (unpaired) electrons. The van der Waals surface area contributed by atoms with E-state index < -0.39 is 14.2 Å². The van der Waals surface area contributed by atoms with Gasteiger partial charge in [0.2, 0.25) is 0 Å². The summed E-state index contributed by atoms with van der Waals surface area (Å²) >= 11 is -4.95. The van der Waals surface area contributed by atoms with Crippen molar-refractivity contribution in [1.82, 2.24) is 0 Å². The summed E-state index contributed by atoms with van der Waals surface area (Å²) in [7, 11) is 0. The van der Waals surface area contributed by atoms with E-state index >= 15 is 0 Å². The van der Waals surface area contributed by atoms with Crippen LogP contribution in [0.2, 0.25) is 0 Å². The van der Waals surface area contributed by atoms with E-state index in [1.807, 2.05) is 0 Å². The van der Waals surface area contributed by atoms with Gasteiger partial charge in [-0.2, -0.15) is 0 Å². The van der Waals surface area contributed by atoms with Crippen LogP contribution in [0.15, 0.2) is 30.3 Å². The molecule has 0 atom stereocenters. The standard InChI is InChI=1S/C6H7AsO3/c8-7(9,10)6-4-2-1-3-5-6/h1-5H,(H2,8,9,10)/i1D,4D. The van der Waals surface area contributed by atoms with Crippen LogP contribution in [0.4, 0.5) is 0 Å². The van der Waals surface area contributed by atoms with Gasteiger partial charge in [0.1, 0.15) is 0 Å². The van der Waals surface area contributed by atoms with Gasteiger partial charge in [-0.15, -0.1) is 0 Å². The van der Waals surface area contributed by atoms with Gasteiger partial charge < -0.3 is 0 Å². The van der Waals surface area contributed by atoms with Crippen molar-refractivity contribution in [3.8, 4) is 0 Å². The van der Waals surface area contributed by atoms with Crippen LogP contribution in [-0.4, -0.2) is 22.4 Å². The molecule has 2 N–H and O–H groups in total. The molecule has 54 valence electrons. The van der Waals surface area contributed by atoms with E-state index in [1.54, 1.807) is 0 Å². The molecule has 0 aliphatic carbocycles. The Balaban J connectivity index is 3.28. The number of hydrogen-bond donors (Lipinski definition) is 2. The first-order chi connectivity index (χ1) is 5.41. The predicted octanol–water partition coefficient (Wildman–Crippen LogP) is -0.752. The van der Waals surface area contributed by atoms with Crippen molar-refractivity contribution >= 4 is 18.5 Å². The van der Waals surface area contributed by atoms with Crippen LogP contribution in [0.1, 0.15) is 2.74 Å². The normalized spacial score (nSPS) is 14.2. The summed E-state index contributed by atoms with van der Waals surface area (Å²) in [6.07, 6.45) is 0. The van der Waals surface area contributed by atoms with Crippen molar-refractivity contribution in [2.45, 2.75) is 0 Å². The minimum absolute atomic E-state index is 0.0766. The molecule has 0 saturated carbocycles. The molecule has 0 bridgehead atoms. The summed E-state index contributed by atoms with van der Waals surface area (Å²) in [4.78, 5) is 0. The Hall–Kier alpha value is -0.502. The molecule has 0 heterocycles. The second-order valence-corrected chi connectivity index (χ2v) is 5.01. The molecular weight excluding hydrogens is 195 g/mol. The molecule has 1 rings (SSSR count). The van der Waals surface area contributed by atoms with E-state index in [2.05, 4.69) is 0 Å². The zero-order valence-electron chi connectivity index (χ0n) is 6.98. The molecule has 4 heteroatoms. The third-order valence-corrected chi connectivity index (χ3v) is 2.86. The van der Waals surface area contributed by atoms with Gasteiger partial charge in [0.15, 0.2) is 0 Å². The number of rotatable bonds is 1. The monoisotopic (exact) mass is 204 g/mol. The summed E-state index contributed by atoms with van der Waals surface area (Å²) in [5.41, 5.74) is 0. The van der Waals surface area contributed by atoms with Crippen LogP contribution >= 0.6 is 0 Å². The van der Waals surface area contributed by atoms with Crippen molar-refractivity contribution in [1.29, 1.82) is 0 Å². The Labute approximate surface area is 64.1 Å². The van der Waals surface area contributed by atoms with Crippen LogP contribution in [0.3, 0.4) is 0 Å². The van der Waals surface area contributed by atoms with Crippen LogP contribution in [0, 0.1) is 0 Å². The van der Waals surface area contributed by atoms with Crippen LogP contribution in [0.5, 0.6) is 0 Å². The quantitative estimate of drug-likeness (QED) is 0.591. The molecule has 1 aromatic rings. The third-order valence-electron chi connectivity index (χ3n) is 0.955. The fraction of sp³-hybridized carbons (Fsp3) is 0. The van der Waals surface area contributed by atoms with Gasteiger partial charge in [-0.05, 0) is 0 Å². The summed E-state index contributed by atoms with van der Waals surface area (Å²) < 4.78 is 42.2. The molecule has 0 spiro atoms. The van der Waals surface area contributed by atoms with E-state index in [-0.39, 0.29) is 16.4 Å². The Kier molecular flexibility index (Phi) is 1.36. The van der Waals surface area contributed by atoms with Gasteiger partial charge in [-0.3, -0.25) is 0 Å². The molecule has 1 aromatic carbocycles. The van der Waals surface area contributed by atoms with Crippen molar-refractivity contribution < 1.29 is 14.7 Å². The van der Waals surface area contributed by atoms with Gasteiger partial charge in [0, 0.05) is 0 Å². The molecule has 0 amide bonds. The number of benzene rings is 1. The van der Waals surface area contributed by atoms with Gasteiger partial charge >= 0.3 is 63.5 Å². The van der Waals surface area contributed by atoms with E-state index in [0.29, 0.717) is 0 Å². The van der Waals surface area contributed by atoms with Gasteiger partial charge in [-0.25, -0.2) is 0 Å². The van der Waals surface area contributed by atoms with Crippen molar-refractivity contribution in [2.75, 3.05) is 0 Å². The summed E-state index contributed by atoms with van der Waals surface area (Å²) in [5, 5.41) is 0. The summed E-state index contributed by atoms with van der Waals surface area (Å²) in [5.74, 6) is 0. The molecular formula is C6H7AsO3. The Morgan fingerprint density at radius 3 is 2.70 bits per heavy atom. The summed E-state index contributed by atoms with van der Waals surface area (Å²) in [6, 6.07) is 3.30. The van der Waals surface area contributed by atoms with Gasteiger partial charge in [0.25, 0.3) is 0 Å². The molecule has 0 aliphatic rings. The zero-order valence-corrected chi connectivity index (χ0v) is 6.86. The molecule has 3 nitrogen and oxygen atoms in total. The van der Waals surface area contributed by atoms with Crippen molar-refractivity contribution in [3.05, 3.63) is 30.3 Å². The molecule has 0 aliphatic heterocycles.